The van der Waals surface area contributed by atoms with Gasteiger partial charge in [-0.1, -0.05) is 115 Å². The molecule has 0 aliphatic heterocycles. The number of pyridine rings is 2. The highest BCUT2D eigenvalue weighted by Gasteiger charge is 2.11. The molecule has 2 heterocycles. The average Bonchev–Trinajstić information content (AvgIpc) is 3.32. The van der Waals surface area contributed by atoms with E-state index in [2.05, 4.69) is 95.9 Å². The van der Waals surface area contributed by atoms with Crippen molar-refractivity contribution in [1.82, 2.24) is 15.3 Å². The van der Waals surface area contributed by atoms with Gasteiger partial charge in [0.05, 0.1) is 69.7 Å². The number of carbonyl (C=O) groups is 1. The van der Waals surface area contributed by atoms with Crippen molar-refractivity contribution >= 4 is 30.6 Å². The Morgan fingerprint density at radius 2 is 1.05 bits per heavy atom. The fourth-order valence-electron chi connectivity index (χ4n) is 6.08. The minimum absolute atomic E-state index is 0.130. The van der Waals surface area contributed by atoms with Crippen LogP contribution >= 0.6 is 0 Å². The van der Waals surface area contributed by atoms with E-state index in [0.29, 0.717) is 23.9 Å². The number of benzene rings is 4. The minimum Gasteiger partial charge on any atom is -0.481 e. The van der Waals surface area contributed by atoms with Crippen LogP contribution in [0.3, 0.4) is 0 Å². The van der Waals surface area contributed by atoms with Crippen molar-refractivity contribution in [1.29, 1.82) is 0 Å². The molecule has 0 spiro atoms. The normalized spacial score (nSPS) is 11.0. The number of nitrogens with two attached hydrogens (primary N) is 1. The number of nitrogens with one attached hydrogen (secondary N) is 1. The van der Waals surface area contributed by atoms with Crippen LogP contribution in [0, 0.1) is 13.8 Å². The first-order valence-electron chi connectivity index (χ1n) is 19.8. The Morgan fingerprint density at radius 3 is 1.48 bits per heavy atom. The van der Waals surface area contributed by atoms with E-state index in [0.717, 1.165) is 34.4 Å². The number of hydrogen-bond acceptors (Lipinski definition) is 11. The lowest BCUT2D eigenvalue weighted by Gasteiger charge is -2.14. The van der Waals surface area contributed by atoms with Crippen LogP contribution in [0.25, 0.3) is 46.6 Å². The molecule has 0 radical (unpaired) electrons. The maximum absolute atomic E-state index is 11.0. The van der Waals surface area contributed by atoms with E-state index < -0.39 is 6.04 Å². The van der Waals surface area contributed by atoms with Gasteiger partial charge < -0.3 is 41.0 Å². The van der Waals surface area contributed by atoms with Crippen molar-refractivity contribution in [3.8, 4) is 34.0 Å². The number of hydrogen-bond donors (Lipinski definition) is 6. The molecule has 6 aromatic rings. The van der Waals surface area contributed by atoms with E-state index in [1.165, 1.54) is 40.5 Å². The molecule has 11 nitrogen and oxygen atoms in total. The van der Waals surface area contributed by atoms with Crippen LogP contribution in [0.5, 0.6) is 11.8 Å². The summed E-state index contributed by atoms with van der Waals surface area (Å²) in [4.78, 5) is 19.9. The first-order valence-corrected chi connectivity index (χ1v) is 19.8. The minimum atomic E-state index is -0.454. The largest absolute Gasteiger partial charge is 0.481 e. The molecule has 0 atom stereocenters. The van der Waals surface area contributed by atoms with Gasteiger partial charge in [0.2, 0.25) is 11.8 Å². The average molecular weight is 825 g/mol. The zero-order valence-electron chi connectivity index (χ0n) is 35.1. The van der Waals surface area contributed by atoms with E-state index >= 15 is 0 Å². The Morgan fingerprint density at radius 1 is 0.574 bits per heavy atom. The van der Waals surface area contributed by atoms with Crippen molar-refractivity contribution in [2.75, 3.05) is 40.6 Å². The highest BCUT2D eigenvalue weighted by atomic mass is 16.5. The lowest BCUT2D eigenvalue weighted by Crippen LogP contribution is -2.35. The number of aldehydes is 1. The van der Waals surface area contributed by atoms with E-state index in [1.54, 1.807) is 19.2 Å². The van der Waals surface area contributed by atoms with E-state index in [9.17, 15) is 15.0 Å². The van der Waals surface area contributed by atoms with Gasteiger partial charge in [-0.05, 0) is 88.7 Å². The van der Waals surface area contributed by atoms with Crippen molar-refractivity contribution in [3.05, 3.63) is 166 Å². The Hall–Kier alpha value is -6.31. The summed E-state index contributed by atoms with van der Waals surface area (Å²) >= 11 is 0. The van der Waals surface area contributed by atoms with Crippen molar-refractivity contribution in [2.24, 2.45) is 5.73 Å². The van der Waals surface area contributed by atoms with Gasteiger partial charge >= 0.3 is 0 Å². The molecular weight excluding hydrogens is 769 g/mol. The Kier molecular flexibility index (Phi) is 19.7. The van der Waals surface area contributed by atoms with Gasteiger partial charge in [0.15, 0.2) is 6.29 Å². The third kappa shape index (κ3) is 14.1. The number of aliphatic hydroxyl groups is 4. The lowest BCUT2D eigenvalue weighted by atomic mass is 9.96. The van der Waals surface area contributed by atoms with Gasteiger partial charge in [-0.25, -0.2) is 9.97 Å². The number of aromatic nitrogens is 2. The highest BCUT2D eigenvalue weighted by molar-refractivity contribution is 5.80. The molecule has 0 saturated heterocycles. The summed E-state index contributed by atoms with van der Waals surface area (Å²) in [5.74, 6) is 0.862. The third-order valence-corrected chi connectivity index (χ3v) is 9.66. The zero-order chi connectivity index (χ0) is 44.0. The lowest BCUT2D eigenvalue weighted by molar-refractivity contribution is 0.111. The van der Waals surface area contributed by atoms with Crippen molar-refractivity contribution in [2.45, 2.75) is 32.5 Å². The van der Waals surface area contributed by atoms with Crippen molar-refractivity contribution in [3.63, 3.8) is 0 Å². The van der Waals surface area contributed by atoms with Gasteiger partial charge in [-0.2, -0.15) is 0 Å². The van der Waals surface area contributed by atoms with Crippen LogP contribution in [0.4, 0.5) is 0 Å². The molecule has 0 aliphatic carbocycles. The summed E-state index contributed by atoms with van der Waals surface area (Å²) in [7, 11) is 3.10. The molecule has 0 bridgehead atoms. The second kappa shape index (κ2) is 25.3. The van der Waals surface area contributed by atoms with Crippen LogP contribution in [-0.4, -0.2) is 89.4 Å². The molecular formula is C50H56N4O7. The van der Waals surface area contributed by atoms with Gasteiger partial charge in [-0.3, -0.25) is 4.79 Å². The molecule has 318 valence electrons. The van der Waals surface area contributed by atoms with E-state index in [-0.39, 0.29) is 32.5 Å². The number of nitrogens with zero attached hydrogens (tertiary/aromatic N) is 2. The third-order valence-electron chi connectivity index (χ3n) is 9.66. The molecule has 0 saturated carbocycles. The second-order valence-corrected chi connectivity index (χ2v) is 13.9. The maximum atomic E-state index is 11.0. The fourth-order valence-corrected chi connectivity index (χ4v) is 6.08. The summed E-state index contributed by atoms with van der Waals surface area (Å²) in [6, 6.07) is 39.8. The van der Waals surface area contributed by atoms with Crippen LogP contribution in [-0.2, 0) is 6.54 Å². The molecule has 61 heavy (non-hydrogen) atoms. The smallest absolute Gasteiger partial charge is 0.224 e. The Labute approximate surface area is 358 Å². The molecule has 2 aromatic heterocycles. The molecule has 11 heteroatoms. The number of carbonyl (C=O) groups excluding carboxylic acids is 1. The summed E-state index contributed by atoms with van der Waals surface area (Å²) < 4.78 is 10.6. The molecule has 0 fully saturated rings. The molecule has 4 aromatic carbocycles. The Bertz CT molecular complexity index is 2310. The molecule has 0 amide bonds. The van der Waals surface area contributed by atoms with Gasteiger partial charge in [0.1, 0.15) is 0 Å². The predicted molar refractivity (Wildman–Crippen MR) is 245 cm³/mol. The summed E-state index contributed by atoms with van der Waals surface area (Å²) in [6.07, 6.45) is 8.74. The summed E-state index contributed by atoms with van der Waals surface area (Å²) in [5, 5.41) is 37.6. The summed E-state index contributed by atoms with van der Waals surface area (Å²) in [5.41, 5.74) is 17.3. The predicted octanol–water partition coefficient (Wildman–Crippen LogP) is 7.03. The van der Waals surface area contributed by atoms with Gasteiger partial charge in [0.25, 0.3) is 0 Å². The van der Waals surface area contributed by atoms with E-state index in [1.807, 2.05) is 66.8 Å². The summed E-state index contributed by atoms with van der Waals surface area (Å²) in [6.45, 7) is 4.15. The van der Waals surface area contributed by atoms with Gasteiger partial charge in [0, 0.05) is 12.1 Å². The zero-order valence-corrected chi connectivity index (χ0v) is 35.1. The Balaban J connectivity index is 0.000000240. The first kappa shape index (κ1) is 47.4. The van der Waals surface area contributed by atoms with Crippen LogP contribution in [0.15, 0.2) is 121 Å². The highest BCUT2D eigenvalue weighted by Crippen LogP contribution is 2.28. The van der Waals surface area contributed by atoms with Crippen LogP contribution in [0.2, 0.25) is 0 Å². The molecule has 0 unspecified atom stereocenters. The quantitative estimate of drug-likeness (QED) is 0.0552. The number of methoxy groups -OCH3 is 2. The second-order valence-electron chi connectivity index (χ2n) is 13.9. The monoisotopic (exact) mass is 824 g/mol. The van der Waals surface area contributed by atoms with Crippen LogP contribution < -0.4 is 20.5 Å². The number of ether oxygens (including phenoxy) is 2. The van der Waals surface area contributed by atoms with Gasteiger partial charge in [-0.15, -0.1) is 0 Å². The van der Waals surface area contributed by atoms with Crippen LogP contribution in [0.1, 0.15) is 49.6 Å². The molecule has 0 aliphatic rings. The standard InChI is InChI=1S/C25H28N2O3.C22H19NO2.C3H9NO2/c1-18-19(9-6-10-24(18)20-7-4-3-5-8-20)11-13-22-14-12-21(25(27-22)30-2)15-26-23(16-28)17-29;1-16-17(9-6-10-21(16)18-7-4-3-5-8-18)11-13-20-14-12-19(15-24)22(23-20)25-2;4-3(1-5)2-6/h3-14,23,26,28-29H,15-17H2,1-2H3;3-15H,1-2H3;3,5-6H,1-2,4H2/b2*13-11+;. The van der Waals surface area contributed by atoms with Crippen molar-refractivity contribution < 1.29 is 34.7 Å². The number of rotatable bonds is 16. The number of aliphatic hydroxyl groups excluding tert-OH is 4. The fraction of sp³-hybridized carbons (Fsp3) is 0.220. The van der Waals surface area contributed by atoms with E-state index in [4.69, 9.17) is 25.4 Å². The topological polar surface area (TPSA) is 180 Å². The molecule has 7 N–H and O–H groups in total. The molecule has 6 rings (SSSR count). The maximum Gasteiger partial charge on any atom is 0.224 e. The first-order chi connectivity index (χ1) is 29.7. The SMILES string of the molecule is COc1nc(/C=C/c2cccc(-c3ccccc3)c2C)ccc1C=O.COc1nc(/C=C/c2cccc(-c3ccccc3)c2C)ccc1CNC(CO)CO.NC(CO)CO.